The Morgan fingerprint density at radius 1 is 1.35 bits per heavy atom. The third kappa shape index (κ3) is 2.45. The molecule has 0 unspecified atom stereocenters. The third-order valence-electron chi connectivity index (χ3n) is 2.88. The van der Waals surface area contributed by atoms with E-state index in [9.17, 15) is 0 Å². The zero-order valence-corrected chi connectivity index (χ0v) is 11.4. The van der Waals surface area contributed by atoms with Gasteiger partial charge in [0.25, 0.3) is 0 Å². The lowest BCUT2D eigenvalue weighted by Gasteiger charge is -2.07. The first kappa shape index (κ1) is 12.4. The standard InChI is InChI=1S/C14H19NOS/c1-9(2)6-11-12-7-10(16-3)4-5-13(12)17-14(11)8-15/h4-5,7,9H,6,8,15H2,1-3H3. The van der Waals surface area contributed by atoms with Gasteiger partial charge in [0.15, 0.2) is 0 Å². The maximum atomic E-state index is 5.84. The number of hydrogen-bond acceptors (Lipinski definition) is 3. The molecule has 0 amide bonds. The summed E-state index contributed by atoms with van der Waals surface area (Å²) in [6.45, 7) is 5.11. The van der Waals surface area contributed by atoms with Gasteiger partial charge in [-0.2, -0.15) is 0 Å². The molecule has 2 aromatic rings. The molecular formula is C14H19NOS. The molecule has 1 aromatic heterocycles. The van der Waals surface area contributed by atoms with Crippen LogP contribution in [0.2, 0.25) is 0 Å². The molecule has 0 saturated carbocycles. The maximum Gasteiger partial charge on any atom is 0.119 e. The van der Waals surface area contributed by atoms with E-state index in [0.29, 0.717) is 12.5 Å². The number of thiophene rings is 1. The van der Waals surface area contributed by atoms with Crippen molar-refractivity contribution in [1.29, 1.82) is 0 Å². The summed E-state index contributed by atoms with van der Waals surface area (Å²) in [4.78, 5) is 1.31. The number of rotatable bonds is 4. The highest BCUT2D eigenvalue weighted by Crippen LogP contribution is 2.35. The molecule has 0 saturated heterocycles. The Bertz CT molecular complexity index is 516. The molecule has 0 aliphatic rings. The van der Waals surface area contributed by atoms with Crippen LogP contribution in [-0.4, -0.2) is 7.11 Å². The fourth-order valence-corrected chi connectivity index (χ4v) is 3.20. The van der Waals surface area contributed by atoms with Crippen molar-refractivity contribution in [3.05, 3.63) is 28.6 Å². The van der Waals surface area contributed by atoms with Crippen LogP contribution in [0.1, 0.15) is 24.3 Å². The normalized spacial score (nSPS) is 11.4. The molecule has 1 heterocycles. The van der Waals surface area contributed by atoms with Crippen LogP contribution >= 0.6 is 11.3 Å². The Labute approximate surface area is 106 Å². The van der Waals surface area contributed by atoms with E-state index in [2.05, 4.69) is 26.0 Å². The van der Waals surface area contributed by atoms with Gasteiger partial charge in [-0.1, -0.05) is 13.8 Å². The van der Waals surface area contributed by atoms with Crippen molar-refractivity contribution in [2.75, 3.05) is 7.11 Å². The predicted octanol–water partition coefficient (Wildman–Crippen LogP) is 3.57. The minimum atomic E-state index is 0.629. The van der Waals surface area contributed by atoms with Crippen LogP contribution in [-0.2, 0) is 13.0 Å². The largest absolute Gasteiger partial charge is 0.497 e. The van der Waals surface area contributed by atoms with Gasteiger partial charge in [0.05, 0.1) is 7.11 Å². The number of hydrogen-bond donors (Lipinski definition) is 1. The average Bonchev–Trinajstić information content (AvgIpc) is 2.66. The Kier molecular flexibility index (Phi) is 3.69. The maximum absolute atomic E-state index is 5.84. The minimum Gasteiger partial charge on any atom is -0.497 e. The SMILES string of the molecule is COc1ccc2sc(CN)c(CC(C)C)c2c1. The lowest BCUT2D eigenvalue weighted by molar-refractivity contribution is 0.415. The van der Waals surface area contributed by atoms with Crippen LogP contribution in [0.4, 0.5) is 0 Å². The van der Waals surface area contributed by atoms with Crippen LogP contribution in [0.5, 0.6) is 5.75 Å². The lowest BCUT2D eigenvalue weighted by atomic mass is 10.00. The first-order valence-corrected chi connectivity index (χ1v) is 6.75. The van der Waals surface area contributed by atoms with Gasteiger partial charge in [-0.05, 0) is 41.5 Å². The number of benzene rings is 1. The number of methoxy groups -OCH3 is 1. The summed E-state index contributed by atoms with van der Waals surface area (Å²) in [5.41, 5.74) is 7.24. The molecule has 0 aliphatic heterocycles. The van der Waals surface area contributed by atoms with E-state index in [1.807, 2.05) is 6.07 Å². The van der Waals surface area contributed by atoms with Gasteiger partial charge >= 0.3 is 0 Å². The molecule has 2 N–H and O–H groups in total. The van der Waals surface area contributed by atoms with Gasteiger partial charge in [-0.15, -0.1) is 11.3 Å². The van der Waals surface area contributed by atoms with Gasteiger partial charge in [0, 0.05) is 16.1 Å². The molecule has 0 aliphatic carbocycles. The zero-order valence-electron chi connectivity index (χ0n) is 10.6. The first-order chi connectivity index (χ1) is 8.15. The summed E-state index contributed by atoms with van der Waals surface area (Å²) in [7, 11) is 1.71. The Hall–Kier alpha value is -1.06. The molecule has 3 heteroatoms. The zero-order chi connectivity index (χ0) is 12.4. The van der Waals surface area contributed by atoms with Gasteiger partial charge in [-0.25, -0.2) is 0 Å². The van der Waals surface area contributed by atoms with Gasteiger partial charge in [-0.3, -0.25) is 0 Å². The second kappa shape index (κ2) is 5.07. The van der Waals surface area contributed by atoms with Crippen LogP contribution in [0, 0.1) is 5.92 Å². The summed E-state index contributed by atoms with van der Waals surface area (Å²) >= 11 is 1.80. The molecule has 0 atom stereocenters. The molecule has 2 nitrogen and oxygen atoms in total. The molecule has 2 rings (SSSR count). The van der Waals surface area contributed by atoms with Crippen molar-refractivity contribution >= 4 is 21.4 Å². The summed E-state index contributed by atoms with van der Waals surface area (Å²) < 4.78 is 6.61. The molecule has 17 heavy (non-hydrogen) atoms. The van der Waals surface area contributed by atoms with Gasteiger partial charge in [0.2, 0.25) is 0 Å². The van der Waals surface area contributed by atoms with Crippen LogP contribution in [0.3, 0.4) is 0 Å². The number of nitrogens with two attached hydrogens (primary N) is 1. The van der Waals surface area contributed by atoms with Crippen LogP contribution in [0.15, 0.2) is 18.2 Å². The van der Waals surface area contributed by atoms with Crippen molar-refractivity contribution in [1.82, 2.24) is 0 Å². The van der Waals surface area contributed by atoms with Crippen molar-refractivity contribution < 1.29 is 4.74 Å². The second-order valence-electron chi connectivity index (χ2n) is 4.67. The molecule has 1 aromatic carbocycles. The Morgan fingerprint density at radius 2 is 2.12 bits per heavy atom. The van der Waals surface area contributed by atoms with E-state index in [1.54, 1.807) is 18.4 Å². The monoisotopic (exact) mass is 249 g/mol. The summed E-state index contributed by atoms with van der Waals surface area (Å²) in [6, 6.07) is 6.27. The Morgan fingerprint density at radius 3 is 2.71 bits per heavy atom. The highest BCUT2D eigenvalue weighted by molar-refractivity contribution is 7.19. The van der Waals surface area contributed by atoms with Crippen molar-refractivity contribution in [3.63, 3.8) is 0 Å². The minimum absolute atomic E-state index is 0.629. The third-order valence-corrected chi connectivity index (χ3v) is 4.11. The number of ether oxygens (including phenoxy) is 1. The molecule has 0 fully saturated rings. The lowest BCUT2D eigenvalue weighted by Crippen LogP contribution is -2.01. The van der Waals surface area contributed by atoms with E-state index >= 15 is 0 Å². The number of fused-ring (bicyclic) bond motifs is 1. The fraction of sp³-hybridized carbons (Fsp3) is 0.429. The quantitative estimate of drug-likeness (QED) is 0.899. The average molecular weight is 249 g/mol. The van der Waals surface area contributed by atoms with E-state index in [1.165, 1.54) is 20.5 Å². The van der Waals surface area contributed by atoms with Crippen molar-refractivity contribution in [2.24, 2.45) is 11.7 Å². The van der Waals surface area contributed by atoms with E-state index in [-0.39, 0.29) is 0 Å². The molecule has 0 bridgehead atoms. The molecule has 0 radical (unpaired) electrons. The smallest absolute Gasteiger partial charge is 0.119 e. The highest BCUT2D eigenvalue weighted by atomic mass is 32.1. The molecule has 92 valence electrons. The summed E-state index contributed by atoms with van der Waals surface area (Å²) in [5.74, 6) is 1.56. The summed E-state index contributed by atoms with van der Waals surface area (Å²) in [5, 5.41) is 1.31. The fourth-order valence-electron chi connectivity index (χ4n) is 2.10. The van der Waals surface area contributed by atoms with Gasteiger partial charge in [0.1, 0.15) is 5.75 Å². The summed E-state index contributed by atoms with van der Waals surface area (Å²) in [6.07, 6.45) is 1.08. The van der Waals surface area contributed by atoms with Gasteiger partial charge < -0.3 is 10.5 Å². The van der Waals surface area contributed by atoms with Crippen LogP contribution < -0.4 is 10.5 Å². The molecule has 0 spiro atoms. The van der Waals surface area contributed by atoms with E-state index in [4.69, 9.17) is 10.5 Å². The van der Waals surface area contributed by atoms with Crippen molar-refractivity contribution in [2.45, 2.75) is 26.8 Å². The van der Waals surface area contributed by atoms with E-state index in [0.717, 1.165) is 12.2 Å². The molecular weight excluding hydrogens is 230 g/mol. The topological polar surface area (TPSA) is 35.2 Å². The second-order valence-corrected chi connectivity index (χ2v) is 5.80. The van der Waals surface area contributed by atoms with E-state index < -0.39 is 0 Å². The van der Waals surface area contributed by atoms with Crippen molar-refractivity contribution in [3.8, 4) is 5.75 Å². The first-order valence-electron chi connectivity index (χ1n) is 5.94. The predicted molar refractivity (Wildman–Crippen MR) is 74.8 cm³/mol. The Balaban J connectivity index is 2.58. The highest BCUT2D eigenvalue weighted by Gasteiger charge is 2.13. The van der Waals surface area contributed by atoms with Crippen LogP contribution in [0.25, 0.3) is 10.1 Å².